The molecule has 152 valence electrons. The average Bonchev–Trinajstić information content (AvgIpc) is 3.49. The fourth-order valence-corrected chi connectivity index (χ4v) is 5.37. The van der Waals surface area contributed by atoms with Gasteiger partial charge in [0.15, 0.2) is 0 Å². The Labute approximate surface area is 165 Å². The Morgan fingerprint density at radius 2 is 1.68 bits per heavy atom. The zero-order valence-corrected chi connectivity index (χ0v) is 17.0. The molecule has 9 heteroatoms. The summed E-state index contributed by atoms with van der Waals surface area (Å²) >= 11 is 0. The molecule has 1 aromatic carbocycles. The first kappa shape index (κ1) is 19.4. The first-order valence-corrected chi connectivity index (χ1v) is 11.1. The van der Waals surface area contributed by atoms with Crippen molar-refractivity contribution in [3.63, 3.8) is 0 Å². The fraction of sp³-hybridized carbons (Fsp3) is 0.579. The molecule has 2 saturated heterocycles. The van der Waals surface area contributed by atoms with Gasteiger partial charge in [0.2, 0.25) is 10.0 Å². The van der Waals surface area contributed by atoms with Crippen molar-refractivity contribution in [2.75, 3.05) is 32.8 Å². The number of rotatable bonds is 5. The van der Waals surface area contributed by atoms with Crippen LogP contribution in [0.4, 0.5) is 4.79 Å². The molecule has 1 aromatic rings. The standard InChI is InChI=1S/C19H26N4O4S/c1-14-3-7-16(8-4-14)28(26,27)22-11-9-21(10-12-22)13-23-17(24)19(2,15-5-6-15)20-18(23)25/h3-4,7-8,15H,5-6,9-13H2,1-2H3,(H,20,25)/t19-/m1/s1. The number of nitrogens with zero attached hydrogens (tertiary/aromatic N) is 3. The molecule has 0 radical (unpaired) electrons. The first-order valence-electron chi connectivity index (χ1n) is 9.65. The molecule has 3 fully saturated rings. The predicted octanol–water partition coefficient (Wildman–Crippen LogP) is 0.979. The molecule has 0 bridgehead atoms. The van der Waals surface area contributed by atoms with Crippen molar-refractivity contribution in [2.24, 2.45) is 5.92 Å². The van der Waals surface area contributed by atoms with Gasteiger partial charge >= 0.3 is 6.03 Å². The molecule has 0 unspecified atom stereocenters. The third kappa shape index (κ3) is 3.31. The number of benzene rings is 1. The maximum Gasteiger partial charge on any atom is 0.326 e. The van der Waals surface area contributed by atoms with E-state index in [9.17, 15) is 18.0 Å². The number of piperazine rings is 1. The Kier molecular flexibility index (Phi) is 4.71. The largest absolute Gasteiger partial charge is 0.326 e. The maximum atomic E-state index is 12.8. The van der Waals surface area contributed by atoms with E-state index in [0.717, 1.165) is 18.4 Å². The summed E-state index contributed by atoms with van der Waals surface area (Å²) in [6.07, 6.45) is 1.93. The van der Waals surface area contributed by atoms with Gasteiger partial charge in [-0.3, -0.25) is 9.69 Å². The molecule has 2 aliphatic heterocycles. The number of aryl methyl sites for hydroxylation is 1. The summed E-state index contributed by atoms with van der Waals surface area (Å²) in [5.41, 5.74) is 0.226. The number of imide groups is 1. The number of urea groups is 1. The van der Waals surface area contributed by atoms with Crippen LogP contribution >= 0.6 is 0 Å². The molecule has 28 heavy (non-hydrogen) atoms. The van der Waals surface area contributed by atoms with Gasteiger partial charge in [-0.15, -0.1) is 0 Å². The lowest BCUT2D eigenvalue weighted by atomic mass is 9.96. The molecule has 1 N–H and O–H groups in total. The van der Waals surface area contributed by atoms with Crippen LogP contribution in [0.15, 0.2) is 29.2 Å². The minimum absolute atomic E-state index is 0.172. The minimum Gasteiger partial charge on any atom is -0.323 e. The highest BCUT2D eigenvalue weighted by Gasteiger charge is 2.56. The van der Waals surface area contributed by atoms with Crippen molar-refractivity contribution in [1.29, 1.82) is 0 Å². The second kappa shape index (κ2) is 6.82. The Bertz CT molecular complexity index is 889. The summed E-state index contributed by atoms with van der Waals surface area (Å²) in [6, 6.07) is 6.48. The summed E-state index contributed by atoms with van der Waals surface area (Å²) in [7, 11) is -3.53. The van der Waals surface area contributed by atoms with Gasteiger partial charge in [0.1, 0.15) is 5.54 Å². The third-order valence-electron chi connectivity index (χ3n) is 6.03. The number of hydrogen-bond donors (Lipinski definition) is 1. The summed E-state index contributed by atoms with van der Waals surface area (Å²) in [6.45, 7) is 5.53. The molecule has 3 amide bonds. The summed E-state index contributed by atoms with van der Waals surface area (Å²) in [5, 5.41) is 2.85. The summed E-state index contributed by atoms with van der Waals surface area (Å²) in [5.74, 6) is 0.0557. The molecule has 4 rings (SSSR count). The van der Waals surface area contributed by atoms with E-state index in [-0.39, 0.29) is 24.5 Å². The van der Waals surface area contributed by atoms with E-state index < -0.39 is 15.6 Å². The van der Waals surface area contributed by atoms with Gasteiger partial charge in [-0.1, -0.05) is 17.7 Å². The highest BCUT2D eigenvalue weighted by molar-refractivity contribution is 7.89. The molecule has 8 nitrogen and oxygen atoms in total. The van der Waals surface area contributed by atoms with Crippen LogP contribution in [-0.2, 0) is 14.8 Å². The van der Waals surface area contributed by atoms with E-state index >= 15 is 0 Å². The van der Waals surface area contributed by atoms with E-state index in [4.69, 9.17) is 0 Å². The summed E-state index contributed by atoms with van der Waals surface area (Å²) < 4.78 is 27.1. The predicted molar refractivity (Wildman–Crippen MR) is 103 cm³/mol. The number of hydrogen-bond acceptors (Lipinski definition) is 5. The van der Waals surface area contributed by atoms with E-state index in [0.29, 0.717) is 31.1 Å². The third-order valence-corrected chi connectivity index (χ3v) is 7.94. The van der Waals surface area contributed by atoms with Crippen molar-refractivity contribution in [1.82, 2.24) is 19.4 Å². The van der Waals surface area contributed by atoms with Crippen LogP contribution in [0, 0.1) is 12.8 Å². The molecular weight excluding hydrogens is 380 g/mol. The van der Waals surface area contributed by atoms with Crippen LogP contribution in [0.1, 0.15) is 25.3 Å². The highest BCUT2D eigenvalue weighted by Crippen LogP contribution is 2.42. The van der Waals surface area contributed by atoms with Crippen LogP contribution in [0.2, 0.25) is 0 Å². The lowest BCUT2D eigenvalue weighted by molar-refractivity contribution is -0.133. The molecule has 3 aliphatic rings. The minimum atomic E-state index is -3.53. The van der Waals surface area contributed by atoms with Gasteiger partial charge in [0.05, 0.1) is 11.6 Å². The van der Waals surface area contributed by atoms with Gasteiger partial charge in [0, 0.05) is 26.2 Å². The first-order chi connectivity index (χ1) is 13.2. The average molecular weight is 407 g/mol. The van der Waals surface area contributed by atoms with Crippen LogP contribution in [-0.4, -0.2) is 72.8 Å². The quantitative estimate of drug-likeness (QED) is 0.737. The molecule has 0 spiro atoms. The Morgan fingerprint density at radius 3 is 2.25 bits per heavy atom. The second-order valence-corrected chi connectivity index (χ2v) is 10.1. The van der Waals surface area contributed by atoms with E-state index in [1.807, 2.05) is 11.8 Å². The molecule has 2 heterocycles. The van der Waals surface area contributed by atoms with Crippen LogP contribution in [0.5, 0.6) is 0 Å². The monoisotopic (exact) mass is 406 g/mol. The van der Waals surface area contributed by atoms with Crippen molar-refractivity contribution >= 4 is 22.0 Å². The van der Waals surface area contributed by atoms with Crippen LogP contribution in [0.25, 0.3) is 0 Å². The molecule has 1 saturated carbocycles. The molecule has 1 atom stereocenters. The number of amides is 3. The van der Waals surface area contributed by atoms with Crippen molar-refractivity contribution in [3.05, 3.63) is 29.8 Å². The van der Waals surface area contributed by atoms with Gasteiger partial charge in [-0.25, -0.2) is 18.1 Å². The normalized spacial score (nSPS) is 27.3. The van der Waals surface area contributed by atoms with Crippen molar-refractivity contribution in [2.45, 2.75) is 37.1 Å². The highest BCUT2D eigenvalue weighted by atomic mass is 32.2. The van der Waals surface area contributed by atoms with Crippen molar-refractivity contribution < 1.29 is 18.0 Å². The zero-order chi connectivity index (χ0) is 20.1. The Balaban J connectivity index is 1.37. The van der Waals surface area contributed by atoms with E-state index in [1.54, 1.807) is 31.2 Å². The SMILES string of the molecule is Cc1ccc(S(=O)(=O)N2CCN(CN3C(=O)N[C@](C)(C4CC4)C3=O)CC2)cc1. The Hall–Kier alpha value is -1.97. The zero-order valence-electron chi connectivity index (χ0n) is 16.2. The van der Waals surface area contributed by atoms with Crippen molar-refractivity contribution in [3.8, 4) is 0 Å². The summed E-state index contributed by atoms with van der Waals surface area (Å²) in [4.78, 5) is 28.6. The fourth-order valence-electron chi connectivity index (χ4n) is 3.95. The van der Waals surface area contributed by atoms with Crippen LogP contribution < -0.4 is 5.32 Å². The van der Waals surface area contributed by atoms with E-state index in [1.165, 1.54) is 9.21 Å². The van der Waals surface area contributed by atoms with Crippen LogP contribution in [0.3, 0.4) is 0 Å². The van der Waals surface area contributed by atoms with E-state index in [2.05, 4.69) is 5.32 Å². The number of sulfonamides is 1. The van der Waals surface area contributed by atoms with Gasteiger partial charge < -0.3 is 5.32 Å². The molecular formula is C19H26N4O4S. The number of nitrogens with one attached hydrogen (secondary N) is 1. The van der Waals surface area contributed by atoms with Gasteiger partial charge in [-0.2, -0.15) is 4.31 Å². The molecule has 0 aromatic heterocycles. The van der Waals surface area contributed by atoms with Gasteiger partial charge in [0.25, 0.3) is 5.91 Å². The van der Waals surface area contributed by atoms with Gasteiger partial charge in [-0.05, 0) is 44.7 Å². The maximum absolute atomic E-state index is 12.8. The lowest BCUT2D eigenvalue weighted by Gasteiger charge is -2.35. The second-order valence-electron chi connectivity index (χ2n) is 8.12. The number of carbonyl (C=O) groups is 2. The topological polar surface area (TPSA) is 90.0 Å². The smallest absolute Gasteiger partial charge is 0.323 e. The number of carbonyl (C=O) groups excluding carboxylic acids is 2. The molecule has 1 aliphatic carbocycles. The Morgan fingerprint density at radius 1 is 1.07 bits per heavy atom. The lowest BCUT2D eigenvalue weighted by Crippen LogP contribution is -2.53.